The molecule has 0 bridgehead atoms. The first-order valence-electron chi connectivity index (χ1n) is 6.55. The highest BCUT2D eigenvalue weighted by atomic mass is 35.5. The monoisotopic (exact) mass is 318 g/mol. The van der Waals surface area contributed by atoms with Crippen LogP contribution >= 0.6 is 12.4 Å². The molecular weight excluding hydrogens is 299 g/mol. The van der Waals surface area contributed by atoms with Crippen LogP contribution < -0.4 is 15.8 Å². The van der Waals surface area contributed by atoms with E-state index < -0.39 is 11.9 Å². The Morgan fingerprint density at radius 3 is 2.76 bits per heavy atom. The maximum Gasteiger partial charge on any atom is 0.223 e. The number of ether oxygens (including phenoxy) is 1. The van der Waals surface area contributed by atoms with Crippen LogP contribution in [0.15, 0.2) is 18.2 Å². The number of hydrogen-bond donors (Lipinski definition) is 3. The molecule has 0 unspecified atom stereocenters. The molecule has 3 atom stereocenters. The number of benzene rings is 1. The molecule has 0 spiro atoms. The lowest BCUT2D eigenvalue weighted by Crippen LogP contribution is -2.30. The molecule has 1 aromatic carbocycles. The fourth-order valence-electron chi connectivity index (χ4n) is 2.42. The van der Waals surface area contributed by atoms with Crippen molar-refractivity contribution in [2.75, 3.05) is 7.11 Å². The minimum absolute atomic E-state index is 0. The van der Waals surface area contributed by atoms with Gasteiger partial charge in [0.1, 0.15) is 0 Å². The maximum absolute atomic E-state index is 13.5. The van der Waals surface area contributed by atoms with Gasteiger partial charge in [0, 0.05) is 18.5 Å². The zero-order valence-corrected chi connectivity index (χ0v) is 12.5. The normalized spacial score (nSPS) is 24.3. The molecule has 1 aliphatic carbocycles. The average Bonchev–Trinajstić information content (AvgIpc) is 2.76. The summed E-state index contributed by atoms with van der Waals surface area (Å²) in [5, 5.41) is 12.3. The van der Waals surface area contributed by atoms with E-state index in [1.54, 1.807) is 6.07 Å². The number of amides is 1. The van der Waals surface area contributed by atoms with E-state index >= 15 is 0 Å². The van der Waals surface area contributed by atoms with E-state index in [1.165, 1.54) is 19.2 Å². The number of methoxy groups -OCH3 is 1. The van der Waals surface area contributed by atoms with Crippen molar-refractivity contribution in [3.05, 3.63) is 29.6 Å². The highest BCUT2D eigenvalue weighted by Crippen LogP contribution is 2.25. The van der Waals surface area contributed by atoms with Crippen molar-refractivity contribution in [3.63, 3.8) is 0 Å². The number of hydrogen-bond acceptors (Lipinski definition) is 4. The highest BCUT2D eigenvalue weighted by molar-refractivity contribution is 5.85. The van der Waals surface area contributed by atoms with E-state index in [4.69, 9.17) is 10.5 Å². The number of carbonyl (C=O) groups excluding carboxylic acids is 1. The summed E-state index contributed by atoms with van der Waals surface area (Å²) in [4.78, 5) is 11.9. The second-order valence-electron chi connectivity index (χ2n) is 5.09. The summed E-state index contributed by atoms with van der Waals surface area (Å²) >= 11 is 0. The van der Waals surface area contributed by atoms with Crippen LogP contribution in [0.4, 0.5) is 4.39 Å². The molecule has 2 rings (SSSR count). The van der Waals surface area contributed by atoms with Crippen LogP contribution in [0.3, 0.4) is 0 Å². The number of nitrogens with one attached hydrogen (secondary N) is 1. The summed E-state index contributed by atoms with van der Waals surface area (Å²) in [6, 6.07) is 4.20. The smallest absolute Gasteiger partial charge is 0.223 e. The van der Waals surface area contributed by atoms with Crippen LogP contribution in [-0.2, 0) is 11.3 Å². The van der Waals surface area contributed by atoms with Crippen molar-refractivity contribution in [1.82, 2.24) is 5.32 Å². The Kier molecular flexibility index (Phi) is 6.39. The SMILES string of the molecule is COc1ccc(CNC(=O)[C@H]2C[C@@H](N)[C@H](O)C2)cc1F.Cl. The lowest BCUT2D eigenvalue weighted by atomic mass is 10.1. The van der Waals surface area contributed by atoms with Gasteiger partial charge < -0.3 is 20.9 Å². The Morgan fingerprint density at radius 2 is 2.24 bits per heavy atom. The van der Waals surface area contributed by atoms with Crippen LogP contribution in [0.5, 0.6) is 5.75 Å². The van der Waals surface area contributed by atoms with E-state index in [2.05, 4.69) is 5.32 Å². The molecule has 5 nitrogen and oxygen atoms in total. The van der Waals surface area contributed by atoms with E-state index in [-0.39, 0.29) is 42.6 Å². The van der Waals surface area contributed by atoms with Crippen molar-refractivity contribution in [3.8, 4) is 5.75 Å². The van der Waals surface area contributed by atoms with Gasteiger partial charge >= 0.3 is 0 Å². The summed E-state index contributed by atoms with van der Waals surface area (Å²) in [7, 11) is 1.40. The first-order chi connectivity index (χ1) is 9.51. The molecule has 1 aromatic rings. The van der Waals surface area contributed by atoms with Crippen molar-refractivity contribution in [1.29, 1.82) is 0 Å². The van der Waals surface area contributed by atoms with Gasteiger partial charge in [-0.05, 0) is 30.5 Å². The number of carbonyl (C=O) groups is 1. The third-order valence-corrected chi connectivity index (χ3v) is 3.63. The molecular formula is C14H20ClFN2O3. The van der Waals surface area contributed by atoms with Gasteiger partial charge in [-0.1, -0.05) is 6.07 Å². The van der Waals surface area contributed by atoms with Crippen LogP contribution in [0.2, 0.25) is 0 Å². The summed E-state index contributed by atoms with van der Waals surface area (Å²) in [5.74, 6) is -0.723. The quantitative estimate of drug-likeness (QED) is 0.772. The lowest BCUT2D eigenvalue weighted by molar-refractivity contribution is -0.125. The fraction of sp³-hybridized carbons (Fsp3) is 0.500. The summed E-state index contributed by atoms with van der Waals surface area (Å²) < 4.78 is 18.3. The number of aliphatic hydroxyl groups excluding tert-OH is 1. The van der Waals surface area contributed by atoms with Crippen LogP contribution in [0.25, 0.3) is 0 Å². The van der Waals surface area contributed by atoms with Gasteiger partial charge in [0.25, 0.3) is 0 Å². The van der Waals surface area contributed by atoms with Crippen LogP contribution in [0, 0.1) is 11.7 Å². The average molecular weight is 319 g/mol. The minimum Gasteiger partial charge on any atom is -0.494 e. The second kappa shape index (κ2) is 7.59. The van der Waals surface area contributed by atoms with E-state index in [0.717, 1.165) is 0 Å². The number of aliphatic hydroxyl groups is 1. The maximum atomic E-state index is 13.5. The predicted molar refractivity (Wildman–Crippen MR) is 78.8 cm³/mol. The molecule has 0 saturated heterocycles. The first-order valence-corrected chi connectivity index (χ1v) is 6.55. The third kappa shape index (κ3) is 4.30. The lowest BCUT2D eigenvalue weighted by Gasteiger charge is -2.11. The highest BCUT2D eigenvalue weighted by Gasteiger charge is 2.34. The number of halogens is 2. The first kappa shape index (κ1) is 17.7. The Labute approximate surface area is 129 Å². The molecule has 0 heterocycles. The Hall–Kier alpha value is -1.37. The van der Waals surface area contributed by atoms with Crippen LogP contribution in [-0.4, -0.2) is 30.3 Å². The summed E-state index contributed by atoms with van der Waals surface area (Å²) in [6.45, 7) is 0.238. The molecule has 1 aliphatic rings. The van der Waals surface area contributed by atoms with Gasteiger partial charge in [0.2, 0.25) is 5.91 Å². The van der Waals surface area contributed by atoms with Gasteiger partial charge in [-0.15, -0.1) is 12.4 Å². The molecule has 7 heteroatoms. The molecule has 1 amide bonds. The van der Waals surface area contributed by atoms with Gasteiger partial charge in [-0.25, -0.2) is 4.39 Å². The zero-order chi connectivity index (χ0) is 14.7. The van der Waals surface area contributed by atoms with Gasteiger partial charge in [0.15, 0.2) is 11.6 Å². The molecule has 1 fully saturated rings. The van der Waals surface area contributed by atoms with Crippen LogP contribution in [0.1, 0.15) is 18.4 Å². The van der Waals surface area contributed by atoms with Gasteiger partial charge in [-0.2, -0.15) is 0 Å². The Balaban J connectivity index is 0.00000220. The number of nitrogens with two attached hydrogens (primary N) is 1. The van der Waals surface area contributed by atoms with Crippen molar-refractivity contribution < 1.29 is 19.0 Å². The molecule has 21 heavy (non-hydrogen) atoms. The van der Waals surface area contributed by atoms with Crippen molar-refractivity contribution >= 4 is 18.3 Å². The standard InChI is InChI=1S/C14H19FN2O3.ClH/c1-20-13-3-2-8(4-10(13)15)7-17-14(19)9-5-11(16)12(18)6-9;/h2-4,9,11-12,18H,5-7,16H2,1H3,(H,17,19);1H/t9-,11+,12+;/m0./s1. The van der Waals surface area contributed by atoms with E-state index in [0.29, 0.717) is 18.4 Å². The molecule has 4 N–H and O–H groups in total. The molecule has 1 saturated carbocycles. The van der Waals surface area contributed by atoms with E-state index in [1.807, 2.05) is 0 Å². The fourth-order valence-corrected chi connectivity index (χ4v) is 2.42. The molecule has 0 aromatic heterocycles. The molecule has 0 aliphatic heterocycles. The largest absolute Gasteiger partial charge is 0.494 e. The third-order valence-electron chi connectivity index (χ3n) is 3.63. The van der Waals surface area contributed by atoms with Gasteiger partial charge in [-0.3, -0.25) is 4.79 Å². The minimum atomic E-state index is -0.621. The van der Waals surface area contributed by atoms with E-state index in [9.17, 15) is 14.3 Å². The number of rotatable bonds is 4. The van der Waals surface area contributed by atoms with Gasteiger partial charge in [0.05, 0.1) is 13.2 Å². The summed E-state index contributed by atoms with van der Waals surface area (Å²) in [6.07, 6.45) is 0.234. The Morgan fingerprint density at radius 1 is 1.52 bits per heavy atom. The zero-order valence-electron chi connectivity index (χ0n) is 11.7. The van der Waals surface area contributed by atoms with Crippen molar-refractivity contribution in [2.24, 2.45) is 11.7 Å². The second-order valence-corrected chi connectivity index (χ2v) is 5.09. The summed E-state index contributed by atoms with van der Waals surface area (Å²) in [5.41, 5.74) is 6.32. The Bertz CT molecular complexity index is 491. The van der Waals surface area contributed by atoms with Crippen molar-refractivity contribution in [2.45, 2.75) is 31.5 Å². The molecule has 0 radical (unpaired) electrons. The topological polar surface area (TPSA) is 84.6 Å². The molecule has 118 valence electrons. The predicted octanol–water partition coefficient (Wildman–Crippen LogP) is 0.970.